The number of hydrogen-bond donors (Lipinski definition) is 1. The highest BCUT2D eigenvalue weighted by atomic mass is 79.9. The largest absolute Gasteiger partial charge is 0.508 e. The normalized spacial score (nSPS) is 16.1. The van der Waals surface area contributed by atoms with Crippen LogP contribution in [0.1, 0.15) is 59.5 Å². The number of phenolic OH excluding ortho intramolecular Hbond substituents is 1. The summed E-state index contributed by atoms with van der Waals surface area (Å²) in [5.74, 6) is 0.178. The second-order valence-electron chi connectivity index (χ2n) is 8.24. The van der Waals surface area contributed by atoms with Gasteiger partial charge in [-0.05, 0) is 41.7 Å². The summed E-state index contributed by atoms with van der Waals surface area (Å²) in [5, 5.41) is 24.0. The van der Waals surface area contributed by atoms with Crippen LogP contribution in [0.5, 0.6) is 5.75 Å². The molecule has 7 heteroatoms. The van der Waals surface area contributed by atoms with Gasteiger partial charge in [-0.15, -0.1) is 10.2 Å². The van der Waals surface area contributed by atoms with E-state index in [0.717, 1.165) is 32.6 Å². The number of para-hydroxylation sites is 1. The molecule has 0 spiro atoms. The van der Waals surface area contributed by atoms with E-state index in [0.29, 0.717) is 24.2 Å². The molecule has 6 nitrogen and oxygen atoms in total. The number of phenols is 1. The molecule has 5 rings (SSSR count). The van der Waals surface area contributed by atoms with E-state index in [4.69, 9.17) is 5.10 Å². The molecule has 156 valence electrons. The molecule has 0 fully saturated rings. The highest BCUT2D eigenvalue weighted by Gasteiger charge is 2.33. The molecule has 2 heterocycles. The van der Waals surface area contributed by atoms with Crippen molar-refractivity contribution in [1.82, 2.24) is 19.8 Å². The molecule has 1 N–H and O–H groups in total. The van der Waals surface area contributed by atoms with Crippen LogP contribution in [0.4, 0.5) is 0 Å². The Hall–Kier alpha value is -3.06. The monoisotopic (exact) mass is 476 g/mol. The number of hydrogen-bond acceptors (Lipinski definition) is 5. The molecular weight excluding hydrogens is 456 g/mol. The average molecular weight is 477 g/mol. The lowest BCUT2D eigenvalue weighted by Crippen LogP contribution is -2.24. The molecule has 4 aromatic rings. The smallest absolute Gasteiger partial charge is 0.185 e. The molecular formula is C24H21BrN4O2. The predicted octanol–water partition coefficient (Wildman–Crippen LogP) is 5.30. The van der Waals surface area contributed by atoms with Crippen LogP contribution in [0.25, 0.3) is 16.8 Å². The van der Waals surface area contributed by atoms with Gasteiger partial charge >= 0.3 is 0 Å². The van der Waals surface area contributed by atoms with E-state index in [-0.39, 0.29) is 23.4 Å². The Morgan fingerprint density at radius 3 is 2.52 bits per heavy atom. The van der Waals surface area contributed by atoms with E-state index < -0.39 is 0 Å². The maximum absolute atomic E-state index is 12.9. The number of aromatic hydroxyl groups is 1. The Bertz CT molecular complexity index is 1310. The Kier molecular flexibility index (Phi) is 4.85. The molecule has 0 saturated carbocycles. The van der Waals surface area contributed by atoms with Gasteiger partial charge < -0.3 is 5.11 Å². The number of aromatic nitrogens is 4. The molecule has 31 heavy (non-hydrogen) atoms. The maximum Gasteiger partial charge on any atom is 0.185 e. The first kappa shape index (κ1) is 19.9. The van der Waals surface area contributed by atoms with Crippen LogP contribution in [-0.4, -0.2) is 30.7 Å². The van der Waals surface area contributed by atoms with Gasteiger partial charge in [-0.25, -0.2) is 4.52 Å². The van der Waals surface area contributed by atoms with E-state index in [1.165, 1.54) is 0 Å². The quantitative estimate of drug-likeness (QED) is 0.434. The number of rotatable bonds is 3. The van der Waals surface area contributed by atoms with E-state index in [1.807, 2.05) is 36.4 Å². The Labute approximate surface area is 188 Å². The van der Waals surface area contributed by atoms with E-state index in [2.05, 4.69) is 40.0 Å². The van der Waals surface area contributed by atoms with Gasteiger partial charge in [0, 0.05) is 16.8 Å². The Morgan fingerprint density at radius 2 is 1.81 bits per heavy atom. The summed E-state index contributed by atoms with van der Waals surface area (Å²) in [6.45, 7) is 4.19. The van der Waals surface area contributed by atoms with Gasteiger partial charge in [0.05, 0.1) is 17.0 Å². The fourth-order valence-corrected chi connectivity index (χ4v) is 4.60. The summed E-state index contributed by atoms with van der Waals surface area (Å²) in [5.41, 5.74) is 5.41. The Balaban J connectivity index is 1.71. The summed E-state index contributed by atoms with van der Waals surface area (Å²) in [6, 6.07) is 15.2. The van der Waals surface area contributed by atoms with Crippen molar-refractivity contribution in [2.45, 2.75) is 38.5 Å². The minimum absolute atomic E-state index is 0.0734. The third kappa shape index (κ3) is 3.33. The van der Waals surface area contributed by atoms with Gasteiger partial charge in [-0.3, -0.25) is 4.79 Å². The standard InChI is InChI=1S/C24H21BrN4O2/c1-13(2)22-21(14-7-9-16(25)10-8-14)24-27-26-23-18(29(24)28-22)11-15(12-20(23)31)17-5-3-4-6-19(17)30/h3-10,13,15,30H,11-12H2,1-2H3/t15-/m0/s1. The highest BCUT2D eigenvalue weighted by molar-refractivity contribution is 9.10. The first-order chi connectivity index (χ1) is 14.9. The van der Waals surface area contributed by atoms with Gasteiger partial charge in [0.1, 0.15) is 5.75 Å². The molecule has 0 saturated heterocycles. The molecule has 1 aliphatic carbocycles. The molecule has 0 aliphatic heterocycles. The molecule has 0 unspecified atom stereocenters. The minimum Gasteiger partial charge on any atom is -0.508 e. The zero-order valence-corrected chi connectivity index (χ0v) is 18.8. The topological polar surface area (TPSA) is 80.4 Å². The molecule has 0 amide bonds. The van der Waals surface area contributed by atoms with E-state index in [9.17, 15) is 9.90 Å². The third-order valence-electron chi connectivity index (χ3n) is 5.85. The van der Waals surface area contributed by atoms with Crippen LogP contribution in [0, 0.1) is 0 Å². The van der Waals surface area contributed by atoms with Gasteiger partial charge in [0.25, 0.3) is 0 Å². The number of fused-ring (bicyclic) bond motifs is 3. The number of ketones is 1. The number of carbonyl (C=O) groups is 1. The SMILES string of the molecule is CC(C)c1nn2c3c(nnc2c1-c1ccc(Br)cc1)C(=O)C[C@@H](c1ccccc1O)C3. The van der Waals surface area contributed by atoms with Crippen molar-refractivity contribution in [3.63, 3.8) is 0 Å². The Morgan fingerprint density at radius 1 is 1.06 bits per heavy atom. The molecule has 2 aromatic heterocycles. The van der Waals surface area contributed by atoms with Crippen molar-refractivity contribution in [3.8, 4) is 16.9 Å². The lowest BCUT2D eigenvalue weighted by Gasteiger charge is -2.23. The third-order valence-corrected chi connectivity index (χ3v) is 6.38. The number of halogens is 1. The first-order valence-electron chi connectivity index (χ1n) is 10.3. The van der Waals surface area contributed by atoms with Crippen LogP contribution in [0.2, 0.25) is 0 Å². The van der Waals surface area contributed by atoms with E-state index >= 15 is 0 Å². The summed E-state index contributed by atoms with van der Waals surface area (Å²) < 4.78 is 2.79. The minimum atomic E-state index is -0.128. The number of Topliss-reactive ketones (excluding diaryl/α,β-unsaturated/α-hetero) is 1. The maximum atomic E-state index is 12.9. The van der Waals surface area contributed by atoms with Crippen molar-refractivity contribution in [3.05, 3.63) is 75.6 Å². The van der Waals surface area contributed by atoms with Crippen LogP contribution in [0.3, 0.4) is 0 Å². The molecule has 1 atom stereocenters. The van der Waals surface area contributed by atoms with Crippen LogP contribution in [0.15, 0.2) is 53.0 Å². The van der Waals surface area contributed by atoms with Crippen LogP contribution in [-0.2, 0) is 6.42 Å². The zero-order valence-electron chi connectivity index (χ0n) is 17.2. The molecule has 0 bridgehead atoms. The highest BCUT2D eigenvalue weighted by Crippen LogP contribution is 2.38. The van der Waals surface area contributed by atoms with E-state index in [1.54, 1.807) is 16.6 Å². The molecule has 1 aliphatic rings. The number of nitrogens with zero attached hydrogens (tertiary/aromatic N) is 4. The van der Waals surface area contributed by atoms with Gasteiger partial charge in [0.2, 0.25) is 0 Å². The van der Waals surface area contributed by atoms with Gasteiger partial charge in [-0.1, -0.05) is 60.1 Å². The molecule has 2 aromatic carbocycles. The van der Waals surface area contributed by atoms with Crippen molar-refractivity contribution in [1.29, 1.82) is 0 Å². The fraction of sp³-hybridized carbons (Fsp3) is 0.250. The average Bonchev–Trinajstić information content (AvgIpc) is 3.15. The number of carbonyl (C=O) groups excluding carboxylic acids is 1. The van der Waals surface area contributed by atoms with Crippen LogP contribution < -0.4 is 0 Å². The van der Waals surface area contributed by atoms with Crippen molar-refractivity contribution in [2.24, 2.45) is 0 Å². The summed E-state index contributed by atoms with van der Waals surface area (Å²) in [6.07, 6.45) is 0.853. The second-order valence-corrected chi connectivity index (χ2v) is 9.16. The summed E-state index contributed by atoms with van der Waals surface area (Å²) in [7, 11) is 0. The lowest BCUT2D eigenvalue weighted by atomic mass is 9.83. The lowest BCUT2D eigenvalue weighted by molar-refractivity contribution is 0.0955. The zero-order chi connectivity index (χ0) is 21.7. The van der Waals surface area contributed by atoms with Crippen LogP contribution >= 0.6 is 15.9 Å². The predicted molar refractivity (Wildman–Crippen MR) is 122 cm³/mol. The van der Waals surface area contributed by atoms with Gasteiger partial charge in [0.15, 0.2) is 17.1 Å². The number of benzene rings is 2. The molecule has 0 radical (unpaired) electrons. The van der Waals surface area contributed by atoms with Crippen molar-refractivity contribution < 1.29 is 9.90 Å². The first-order valence-corrected chi connectivity index (χ1v) is 11.1. The second kappa shape index (κ2) is 7.57. The van der Waals surface area contributed by atoms with Crippen molar-refractivity contribution >= 4 is 27.4 Å². The summed E-state index contributed by atoms with van der Waals surface area (Å²) >= 11 is 3.49. The van der Waals surface area contributed by atoms with Crippen molar-refractivity contribution in [2.75, 3.05) is 0 Å². The summed E-state index contributed by atoms with van der Waals surface area (Å²) in [4.78, 5) is 12.9. The fourth-order valence-electron chi connectivity index (χ4n) is 4.34. The van der Waals surface area contributed by atoms with Gasteiger partial charge in [-0.2, -0.15) is 5.10 Å².